The second kappa shape index (κ2) is 9.85. The molecule has 2 aliphatic heterocycles. The second-order valence-electron chi connectivity index (χ2n) is 8.79. The first kappa shape index (κ1) is 23.6. The molecule has 0 spiro atoms. The van der Waals surface area contributed by atoms with Crippen LogP contribution in [0.5, 0.6) is 11.5 Å². The highest BCUT2D eigenvalue weighted by molar-refractivity contribution is 6.34. The summed E-state index contributed by atoms with van der Waals surface area (Å²) in [6.07, 6.45) is 1.77. The fraction of sp³-hybridized carbons (Fsp3) is 0.276. The maximum atomic E-state index is 13.5. The van der Waals surface area contributed by atoms with Crippen molar-refractivity contribution in [1.82, 2.24) is 4.90 Å². The Labute approximate surface area is 210 Å². The summed E-state index contributed by atoms with van der Waals surface area (Å²) >= 11 is 0. The smallest absolute Gasteiger partial charge is 0.266 e. The highest BCUT2D eigenvalue weighted by Gasteiger charge is 2.38. The molecular formula is C29H28N2O5. The van der Waals surface area contributed by atoms with E-state index in [0.717, 1.165) is 29.1 Å². The van der Waals surface area contributed by atoms with Crippen molar-refractivity contribution < 1.29 is 23.9 Å². The number of carbonyl (C=O) groups is 3. The molecule has 0 N–H and O–H groups in total. The Balaban J connectivity index is 1.38. The van der Waals surface area contributed by atoms with Gasteiger partial charge >= 0.3 is 0 Å². The number of hydrogen-bond acceptors (Lipinski definition) is 5. The topological polar surface area (TPSA) is 76.2 Å². The Morgan fingerprint density at radius 3 is 2.08 bits per heavy atom. The van der Waals surface area contributed by atoms with Gasteiger partial charge in [0, 0.05) is 12.1 Å². The summed E-state index contributed by atoms with van der Waals surface area (Å²) in [5.74, 6) is 0.494. The molecule has 36 heavy (non-hydrogen) atoms. The van der Waals surface area contributed by atoms with Crippen LogP contribution in [0.2, 0.25) is 0 Å². The zero-order valence-corrected chi connectivity index (χ0v) is 20.4. The minimum absolute atomic E-state index is 0.0425. The predicted octanol–water partition coefficient (Wildman–Crippen LogP) is 5.26. The van der Waals surface area contributed by atoms with Gasteiger partial charge in [-0.3, -0.25) is 14.4 Å². The van der Waals surface area contributed by atoms with E-state index < -0.39 is 11.8 Å². The average Bonchev–Trinajstić information content (AvgIpc) is 3.48. The van der Waals surface area contributed by atoms with Crippen LogP contribution in [0.1, 0.15) is 69.4 Å². The second-order valence-corrected chi connectivity index (χ2v) is 8.79. The van der Waals surface area contributed by atoms with E-state index in [2.05, 4.69) is 0 Å². The van der Waals surface area contributed by atoms with Gasteiger partial charge in [0.15, 0.2) is 0 Å². The number of likely N-dealkylation sites (tertiary alicyclic amines) is 1. The highest BCUT2D eigenvalue weighted by Crippen LogP contribution is 2.35. The Morgan fingerprint density at radius 1 is 0.833 bits per heavy atom. The number of fused-ring (bicyclic) bond motifs is 1. The lowest BCUT2D eigenvalue weighted by Crippen LogP contribution is -2.30. The van der Waals surface area contributed by atoms with E-state index in [-0.39, 0.29) is 17.5 Å². The van der Waals surface area contributed by atoms with Gasteiger partial charge in [0.25, 0.3) is 17.7 Å². The molecule has 184 valence electrons. The monoisotopic (exact) mass is 484 g/mol. The largest absolute Gasteiger partial charge is 0.494 e. The minimum atomic E-state index is -0.432. The molecule has 0 saturated carbocycles. The van der Waals surface area contributed by atoms with Crippen LogP contribution in [0.4, 0.5) is 5.69 Å². The summed E-state index contributed by atoms with van der Waals surface area (Å²) in [5, 5.41) is 0. The molecule has 7 heteroatoms. The van der Waals surface area contributed by atoms with Gasteiger partial charge in [-0.05, 0) is 86.8 Å². The third-order valence-electron chi connectivity index (χ3n) is 6.63. The van der Waals surface area contributed by atoms with Crippen molar-refractivity contribution in [3.63, 3.8) is 0 Å². The van der Waals surface area contributed by atoms with Crippen LogP contribution in [-0.4, -0.2) is 42.4 Å². The normalized spacial score (nSPS) is 16.9. The van der Waals surface area contributed by atoms with Crippen LogP contribution in [0.3, 0.4) is 0 Å². The van der Waals surface area contributed by atoms with Crippen molar-refractivity contribution in [2.75, 3.05) is 24.7 Å². The van der Waals surface area contributed by atoms with Crippen LogP contribution >= 0.6 is 0 Å². The lowest BCUT2D eigenvalue weighted by Gasteiger charge is -2.25. The number of imide groups is 1. The van der Waals surface area contributed by atoms with Crippen LogP contribution in [0.15, 0.2) is 66.7 Å². The number of carbonyl (C=O) groups excluding carboxylic acids is 3. The van der Waals surface area contributed by atoms with E-state index in [4.69, 9.17) is 9.47 Å². The summed E-state index contributed by atoms with van der Waals surface area (Å²) in [7, 11) is 0. The average molecular weight is 485 g/mol. The fourth-order valence-corrected chi connectivity index (χ4v) is 4.94. The van der Waals surface area contributed by atoms with Crippen LogP contribution in [0.25, 0.3) is 0 Å². The zero-order chi connectivity index (χ0) is 25.2. The van der Waals surface area contributed by atoms with Gasteiger partial charge < -0.3 is 14.4 Å². The molecule has 1 saturated heterocycles. The van der Waals surface area contributed by atoms with Crippen molar-refractivity contribution in [2.24, 2.45) is 0 Å². The first-order valence-corrected chi connectivity index (χ1v) is 12.3. The maximum Gasteiger partial charge on any atom is 0.266 e. The van der Waals surface area contributed by atoms with E-state index in [1.165, 1.54) is 0 Å². The number of benzene rings is 3. The van der Waals surface area contributed by atoms with Crippen molar-refractivity contribution in [1.29, 1.82) is 0 Å². The lowest BCUT2D eigenvalue weighted by atomic mass is 10.0. The molecule has 2 heterocycles. The van der Waals surface area contributed by atoms with E-state index >= 15 is 0 Å². The molecule has 0 bridgehead atoms. The first-order valence-electron chi connectivity index (χ1n) is 12.3. The standard InChI is InChI=1S/C29H28N2O5/c1-3-35-22-12-7-19(8-13-22)26-6-5-17-30(26)27(32)20-9-16-24-25(18-20)29(34)31(28(24)33)21-10-14-23(15-11-21)36-4-2/h7-16,18,26H,3-6,17H2,1-2H3. The third-order valence-corrected chi connectivity index (χ3v) is 6.63. The van der Waals surface area contributed by atoms with E-state index in [1.54, 1.807) is 42.5 Å². The van der Waals surface area contributed by atoms with Crippen LogP contribution < -0.4 is 14.4 Å². The molecule has 3 amide bonds. The van der Waals surface area contributed by atoms with Gasteiger partial charge in [-0.2, -0.15) is 0 Å². The van der Waals surface area contributed by atoms with Crippen LogP contribution in [-0.2, 0) is 0 Å². The van der Waals surface area contributed by atoms with Gasteiger partial charge in [-0.1, -0.05) is 12.1 Å². The Hall–Kier alpha value is -4.13. The molecule has 0 radical (unpaired) electrons. The third kappa shape index (κ3) is 4.21. The SMILES string of the molecule is CCOc1ccc(C2CCCN2C(=O)c2ccc3c(c2)C(=O)N(c2ccc(OCC)cc2)C3=O)cc1. The summed E-state index contributed by atoms with van der Waals surface area (Å²) in [5.41, 5.74) is 2.47. The van der Waals surface area contributed by atoms with Gasteiger partial charge in [-0.15, -0.1) is 0 Å². The molecule has 1 fully saturated rings. The highest BCUT2D eigenvalue weighted by atomic mass is 16.5. The zero-order valence-electron chi connectivity index (χ0n) is 20.4. The maximum absolute atomic E-state index is 13.5. The Kier molecular flexibility index (Phi) is 6.46. The minimum Gasteiger partial charge on any atom is -0.494 e. The molecular weight excluding hydrogens is 456 g/mol. The number of anilines is 1. The molecule has 7 nitrogen and oxygen atoms in total. The number of amides is 3. The lowest BCUT2D eigenvalue weighted by molar-refractivity contribution is 0.0735. The van der Waals surface area contributed by atoms with E-state index in [9.17, 15) is 14.4 Å². The number of ether oxygens (including phenoxy) is 2. The molecule has 3 aromatic carbocycles. The molecule has 0 aliphatic carbocycles. The Bertz CT molecular complexity index is 1300. The molecule has 5 rings (SSSR count). The number of hydrogen-bond donors (Lipinski definition) is 0. The van der Waals surface area contributed by atoms with Gasteiger partial charge in [0.2, 0.25) is 0 Å². The summed E-state index contributed by atoms with van der Waals surface area (Å²) in [6, 6.07) is 19.4. The van der Waals surface area contributed by atoms with Gasteiger partial charge in [-0.25, -0.2) is 4.90 Å². The van der Waals surface area contributed by atoms with Crippen molar-refractivity contribution in [2.45, 2.75) is 32.7 Å². The van der Waals surface area contributed by atoms with Gasteiger partial charge in [0.1, 0.15) is 11.5 Å². The Morgan fingerprint density at radius 2 is 1.44 bits per heavy atom. The van der Waals surface area contributed by atoms with E-state index in [1.807, 2.05) is 43.0 Å². The van der Waals surface area contributed by atoms with E-state index in [0.29, 0.717) is 42.3 Å². The summed E-state index contributed by atoms with van der Waals surface area (Å²) < 4.78 is 11.0. The molecule has 0 aromatic heterocycles. The molecule has 2 aliphatic rings. The first-order chi connectivity index (χ1) is 17.5. The van der Waals surface area contributed by atoms with Crippen LogP contribution in [0, 0.1) is 0 Å². The molecule has 3 aromatic rings. The predicted molar refractivity (Wildman–Crippen MR) is 136 cm³/mol. The molecule has 1 atom stereocenters. The fourth-order valence-electron chi connectivity index (χ4n) is 4.94. The summed E-state index contributed by atoms with van der Waals surface area (Å²) in [6.45, 7) is 5.60. The van der Waals surface area contributed by atoms with Crippen molar-refractivity contribution in [3.8, 4) is 11.5 Å². The van der Waals surface area contributed by atoms with Crippen molar-refractivity contribution in [3.05, 3.63) is 89.0 Å². The quantitative estimate of drug-likeness (QED) is 0.428. The van der Waals surface area contributed by atoms with Crippen molar-refractivity contribution >= 4 is 23.4 Å². The number of rotatable bonds is 7. The van der Waals surface area contributed by atoms with Gasteiger partial charge in [0.05, 0.1) is 36.1 Å². The molecule has 1 unspecified atom stereocenters. The summed E-state index contributed by atoms with van der Waals surface area (Å²) in [4.78, 5) is 42.8. The number of nitrogens with zero attached hydrogens (tertiary/aromatic N) is 2.